The maximum atomic E-state index is 12.9. The highest BCUT2D eigenvalue weighted by atomic mass is 16.7. The number of carbonyl (C=O) groups excluding carboxylic acids is 2. The molecule has 0 aromatic rings. The number of unbranched alkanes of at least 4 members (excludes halogenated alkanes) is 10. The number of hydrogen-bond donors (Lipinski definition) is 7. The van der Waals surface area contributed by atoms with Gasteiger partial charge in [-0.25, -0.2) is 0 Å². The van der Waals surface area contributed by atoms with E-state index in [1.165, 1.54) is 44.9 Å². The summed E-state index contributed by atoms with van der Waals surface area (Å²) >= 11 is 0. The fourth-order valence-corrected chi connectivity index (χ4v) is 6.76. The fraction of sp³-hybridized carbons (Fsp3) is 0.745. The van der Waals surface area contributed by atoms with E-state index in [0.717, 1.165) is 44.9 Å². The van der Waals surface area contributed by atoms with Crippen LogP contribution in [-0.4, -0.2) is 142 Å². The van der Waals surface area contributed by atoms with E-state index in [9.17, 15) is 45.3 Å². The van der Waals surface area contributed by atoms with E-state index in [-0.39, 0.29) is 19.4 Å². The molecule has 0 aromatic heterocycles. The van der Waals surface area contributed by atoms with Crippen LogP contribution in [0.4, 0.5) is 0 Å². The monoisotopic (exact) mass is 883 g/mol. The molecular formula is C47H78O15. The van der Waals surface area contributed by atoms with E-state index in [1.807, 2.05) is 18.2 Å². The van der Waals surface area contributed by atoms with Crippen molar-refractivity contribution in [2.45, 2.75) is 197 Å². The van der Waals surface area contributed by atoms with Crippen molar-refractivity contribution in [1.82, 2.24) is 0 Å². The minimum Gasteiger partial charge on any atom is -0.462 e. The second-order valence-electron chi connectivity index (χ2n) is 15.9. The molecule has 2 aliphatic heterocycles. The van der Waals surface area contributed by atoms with Crippen LogP contribution in [0.1, 0.15) is 129 Å². The molecule has 0 amide bonds. The van der Waals surface area contributed by atoms with Crippen LogP contribution in [0.2, 0.25) is 0 Å². The highest BCUT2D eigenvalue weighted by Crippen LogP contribution is 2.26. The zero-order chi connectivity index (χ0) is 45.4. The number of aliphatic hydroxyl groups is 7. The van der Waals surface area contributed by atoms with Crippen LogP contribution in [-0.2, 0) is 38.0 Å². The van der Waals surface area contributed by atoms with Crippen LogP contribution in [0.15, 0.2) is 60.8 Å². The molecule has 7 N–H and O–H groups in total. The number of ether oxygens (including phenoxy) is 6. The molecule has 0 spiro atoms. The number of esters is 2. The van der Waals surface area contributed by atoms with Gasteiger partial charge in [0.1, 0.15) is 55.4 Å². The van der Waals surface area contributed by atoms with Crippen molar-refractivity contribution in [2.24, 2.45) is 0 Å². The molecule has 0 bridgehead atoms. The smallest absolute Gasteiger partial charge is 0.310 e. The molecule has 2 fully saturated rings. The lowest BCUT2D eigenvalue weighted by molar-refractivity contribution is -0.332. The van der Waals surface area contributed by atoms with Gasteiger partial charge in [-0.05, 0) is 38.5 Å². The van der Waals surface area contributed by atoms with Crippen LogP contribution in [0.3, 0.4) is 0 Å². The molecule has 62 heavy (non-hydrogen) atoms. The lowest BCUT2D eigenvalue weighted by atomic mass is 9.98. The Morgan fingerprint density at radius 3 is 1.53 bits per heavy atom. The molecule has 11 atom stereocenters. The molecule has 2 aliphatic rings. The van der Waals surface area contributed by atoms with Gasteiger partial charge in [-0.15, -0.1) is 0 Å². The SMILES string of the molecule is CC/C=C\C/C=C\C/C=C\C/C=C\C/C=C\CC(=O)OC(COC(=O)CCCCCCCCCCCCC)COC1OC(COC2OC(CO)C(O)C(O)C2O)C(O)C(O)C1O. The maximum absolute atomic E-state index is 12.9. The van der Waals surface area contributed by atoms with Crippen molar-refractivity contribution in [2.75, 3.05) is 26.4 Å². The Bertz CT molecular complexity index is 1320. The summed E-state index contributed by atoms with van der Waals surface area (Å²) in [6.45, 7) is 2.33. The predicted octanol–water partition coefficient (Wildman–Crippen LogP) is 4.92. The second-order valence-corrected chi connectivity index (χ2v) is 15.9. The van der Waals surface area contributed by atoms with Gasteiger partial charge in [0.25, 0.3) is 0 Å². The third-order valence-corrected chi connectivity index (χ3v) is 10.5. The quantitative estimate of drug-likeness (QED) is 0.0263. The van der Waals surface area contributed by atoms with Gasteiger partial charge in [0.05, 0.1) is 26.2 Å². The Hall–Kier alpha value is -2.80. The number of allylic oxidation sites excluding steroid dienone is 9. The van der Waals surface area contributed by atoms with E-state index in [0.29, 0.717) is 12.8 Å². The van der Waals surface area contributed by atoms with Gasteiger partial charge in [-0.2, -0.15) is 0 Å². The number of aliphatic hydroxyl groups excluding tert-OH is 7. The minimum absolute atomic E-state index is 0.0679. The lowest BCUT2D eigenvalue weighted by Gasteiger charge is -2.42. The van der Waals surface area contributed by atoms with E-state index in [4.69, 9.17) is 28.4 Å². The van der Waals surface area contributed by atoms with Crippen molar-refractivity contribution >= 4 is 11.9 Å². The van der Waals surface area contributed by atoms with Crippen molar-refractivity contribution in [1.29, 1.82) is 0 Å². The molecule has 0 aromatic carbocycles. The van der Waals surface area contributed by atoms with Crippen LogP contribution in [0.25, 0.3) is 0 Å². The number of rotatable bonds is 33. The van der Waals surface area contributed by atoms with Crippen molar-refractivity contribution in [3.8, 4) is 0 Å². The predicted molar refractivity (Wildman–Crippen MR) is 233 cm³/mol. The average Bonchev–Trinajstić information content (AvgIpc) is 3.26. The number of carbonyl (C=O) groups is 2. The van der Waals surface area contributed by atoms with Gasteiger partial charge in [0.2, 0.25) is 0 Å². The topological polar surface area (TPSA) is 231 Å². The van der Waals surface area contributed by atoms with Crippen LogP contribution >= 0.6 is 0 Å². The molecule has 15 heteroatoms. The average molecular weight is 883 g/mol. The molecule has 0 radical (unpaired) electrons. The van der Waals surface area contributed by atoms with Crippen LogP contribution in [0, 0.1) is 0 Å². The fourth-order valence-electron chi connectivity index (χ4n) is 6.76. The zero-order valence-electron chi connectivity index (χ0n) is 37.1. The summed E-state index contributed by atoms with van der Waals surface area (Å²) in [5.41, 5.74) is 0. The molecule has 2 saturated heterocycles. The normalized spacial score (nSPS) is 27.6. The Balaban J connectivity index is 1.90. The van der Waals surface area contributed by atoms with Crippen LogP contribution in [0.5, 0.6) is 0 Å². The first kappa shape index (κ1) is 55.3. The third kappa shape index (κ3) is 23.2. The van der Waals surface area contributed by atoms with Gasteiger partial charge in [0.15, 0.2) is 18.7 Å². The zero-order valence-corrected chi connectivity index (χ0v) is 37.1. The first-order valence-electron chi connectivity index (χ1n) is 22.9. The Kier molecular flexibility index (Phi) is 30.9. The van der Waals surface area contributed by atoms with E-state index >= 15 is 0 Å². The molecular weight excluding hydrogens is 805 g/mol. The summed E-state index contributed by atoms with van der Waals surface area (Å²) in [5, 5.41) is 71.8. The number of hydrogen-bond acceptors (Lipinski definition) is 15. The van der Waals surface area contributed by atoms with E-state index in [2.05, 4.69) is 50.3 Å². The molecule has 2 rings (SSSR count). The maximum Gasteiger partial charge on any atom is 0.310 e. The molecule has 15 nitrogen and oxygen atoms in total. The highest BCUT2D eigenvalue weighted by molar-refractivity contribution is 5.71. The summed E-state index contributed by atoms with van der Waals surface area (Å²) in [6.07, 6.45) is 20.1. The Morgan fingerprint density at radius 1 is 0.532 bits per heavy atom. The molecule has 0 aliphatic carbocycles. The molecule has 356 valence electrons. The highest BCUT2D eigenvalue weighted by Gasteiger charge is 2.47. The van der Waals surface area contributed by atoms with E-state index < -0.39 is 99.3 Å². The van der Waals surface area contributed by atoms with Crippen LogP contribution < -0.4 is 0 Å². The van der Waals surface area contributed by atoms with Gasteiger partial charge < -0.3 is 64.2 Å². The summed E-state index contributed by atoms with van der Waals surface area (Å²) in [7, 11) is 0. The second kappa shape index (κ2) is 34.6. The summed E-state index contributed by atoms with van der Waals surface area (Å²) in [6, 6.07) is 0. The molecule has 11 unspecified atom stereocenters. The first-order valence-corrected chi connectivity index (χ1v) is 22.9. The third-order valence-electron chi connectivity index (χ3n) is 10.5. The lowest BCUT2D eigenvalue weighted by Crippen LogP contribution is -2.61. The van der Waals surface area contributed by atoms with Crippen molar-refractivity contribution in [3.05, 3.63) is 60.8 Å². The summed E-state index contributed by atoms with van der Waals surface area (Å²) < 4.78 is 33.3. The van der Waals surface area contributed by atoms with Crippen molar-refractivity contribution < 1.29 is 73.8 Å². The minimum atomic E-state index is -1.78. The molecule has 0 saturated carbocycles. The van der Waals surface area contributed by atoms with Gasteiger partial charge in [-0.1, -0.05) is 139 Å². The van der Waals surface area contributed by atoms with Crippen molar-refractivity contribution in [3.63, 3.8) is 0 Å². The van der Waals surface area contributed by atoms with Gasteiger partial charge in [-0.3, -0.25) is 9.59 Å². The van der Waals surface area contributed by atoms with Gasteiger partial charge >= 0.3 is 11.9 Å². The summed E-state index contributed by atoms with van der Waals surface area (Å²) in [4.78, 5) is 25.5. The van der Waals surface area contributed by atoms with E-state index in [1.54, 1.807) is 6.08 Å². The largest absolute Gasteiger partial charge is 0.462 e. The summed E-state index contributed by atoms with van der Waals surface area (Å²) in [5.74, 6) is -1.08. The standard InChI is InChI=1S/C47H78O15/c1-3-5-7-9-11-13-15-16-17-18-20-22-24-26-28-30-39(50)60-35(32-57-38(49)29-27-25-23-21-19-14-12-10-8-6-4-2)33-58-46-45(56)43(54)41(52)37(62-46)34-59-47-44(55)42(53)40(51)36(31-48)61-47/h5,7,11,13,16-17,20,22,26,28,35-37,40-48,51-56H,3-4,6,8-10,12,14-15,18-19,21,23-25,27,29-34H2,1-2H3/b7-5-,13-11-,17-16-,22-20-,28-26-. The molecule has 2 heterocycles. The first-order chi connectivity index (χ1) is 30.0. The van der Waals surface area contributed by atoms with Gasteiger partial charge in [0, 0.05) is 6.42 Å². The Morgan fingerprint density at radius 2 is 1.00 bits per heavy atom. The Labute approximate surface area is 369 Å².